The largest absolute Gasteiger partial charge is 0.332 e. The molecule has 7 heteroatoms. The molecule has 2 heterocycles. The van der Waals surface area contributed by atoms with E-state index in [-0.39, 0.29) is 11.1 Å². The second-order valence-electron chi connectivity index (χ2n) is 4.88. The Kier molecular flexibility index (Phi) is 4.59. The Labute approximate surface area is 114 Å². The van der Waals surface area contributed by atoms with Crippen molar-refractivity contribution in [3.8, 4) is 0 Å². The minimum Gasteiger partial charge on any atom is -0.332 e. The zero-order chi connectivity index (χ0) is 13.9. The van der Waals surface area contributed by atoms with E-state index in [9.17, 15) is 8.42 Å². The first kappa shape index (κ1) is 14.5. The van der Waals surface area contributed by atoms with Crippen molar-refractivity contribution in [2.75, 3.05) is 19.6 Å². The summed E-state index contributed by atoms with van der Waals surface area (Å²) in [6.45, 7) is 6.99. The van der Waals surface area contributed by atoms with Gasteiger partial charge in [0.15, 0.2) is 5.03 Å². The third-order valence-electron chi connectivity index (χ3n) is 3.59. The maximum atomic E-state index is 12.2. The van der Waals surface area contributed by atoms with Crippen molar-refractivity contribution >= 4 is 10.0 Å². The van der Waals surface area contributed by atoms with Crippen LogP contribution in [0.5, 0.6) is 0 Å². The van der Waals surface area contributed by atoms with E-state index in [1.807, 2.05) is 6.92 Å². The van der Waals surface area contributed by atoms with E-state index in [1.54, 1.807) is 0 Å². The zero-order valence-corrected chi connectivity index (χ0v) is 12.3. The minimum atomic E-state index is -3.46. The number of aryl methyl sites for hydroxylation is 1. The number of rotatable bonds is 5. The summed E-state index contributed by atoms with van der Waals surface area (Å²) in [5.41, 5.74) is 0. The quantitative estimate of drug-likeness (QED) is 0.836. The predicted molar refractivity (Wildman–Crippen MR) is 73.4 cm³/mol. The third-order valence-corrected chi connectivity index (χ3v) is 5.02. The summed E-state index contributed by atoms with van der Waals surface area (Å²) in [5, 5.41) is 0.169. The van der Waals surface area contributed by atoms with E-state index in [1.165, 1.54) is 6.20 Å². The Bertz CT molecular complexity index is 504. The van der Waals surface area contributed by atoms with Crippen molar-refractivity contribution < 1.29 is 8.42 Å². The molecular formula is C12H22N4O2S. The summed E-state index contributed by atoms with van der Waals surface area (Å²) in [5.74, 6) is 0.696. The average molecular weight is 286 g/mol. The van der Waals surface area contributed by atoms with E-state index >= 15 is 0 Å². The number of nitrogens with one attached hydrogen (secondary N) is 2. The first-order chi connectivity index (χ1) is 9.05. The van der Waals surface area contributed by atoms with Crippen molar-refractivity contribution in [2.24, 2.45) is 0 Å². The number of sulfonamides is 1. The van der Waals surface area contributed by atoms with E-state index in [0.717, 1.165) is 32.5 Å². The summed E-state index contributed by atoms with van der Waals surface area (Å²) >= 11 is 0. The number of nitrogens with zero attached hydrogens (tertiary/aromatic N) is 2. The van der Waals surface area contributed by atoms with E-state index in [2.05, 4.69) is 26.5 Å². The van der Waals surface area contributed by atoms with E-state index in [0.29, 0.717) is 12.2 Å². The topological polar surface area (TPSA) is 78.1 Å². The van der Waals surface area contributed by atoms with Crippen molar-refractivity contribution in [1.29, 1.82) is 0 Å². The molecule has 0 aromatic carbocycles. The van der Waals surface area contributed by atoms with E-state index < -0.39 is 10.0 Å². The normalized spacial score (nSPS) is 18.8. The summed E-state index contributed by atoms with van der Waals surface area (Å²) in [6, 6.07) is 0.0289. The second kappa shape index (κ2) is 6.02. The van der Waals surface area contributed by atoms with Crippen LogP contribution in [0.15, 0.2) is 11.2 Å². The van der Waals surface area contributed by atoms with Gasteiger partial charge in [-0.05, 0) is 32.5 Å². The van der Waals surface area contributed by atoms with Crippen LogP contribution in [0, 0.1) is 0 Å². The van der Waals surface area contributed by atoms with Crippen LogP contribution in [0.2, 0.25) is 0 Å². The van der Waals surface area contributed by atoms with Gasteiger partial charge in [0, 0.05) is 12.5 Å². The van der Waals surface area contributed by atoms with Gasteiger partial charge >= 0.3 is 0 Å². The molecule has 19 heavy (non-hydrogen) atoms. The van der Waals surface area contributed by atoms with Crippen LogP contribution in [-0.4, -0.2) is 49.0 Å². The number of H-pyrrole nitrogens is 1. The zero-order valence-electron chi connectivity index (χ0n) is 11.5. The van der Waals surface area contributed by atoms with Gasteiger partial charge < -0.3 is 9.88 Å². The van der Waals surface area contributed by atoms with Gasteiger partial charge in [0.05, 0.1) is 6.20 Å². The van der Waals surface area contributed by atoms with Crippen molar-refractivity contribution in [1.82, 2.24) is 19.6 Å². The fraction of sp³-hybridized carbons (Fsp3) is 0.750. The van der Waals surface area contributed by atoms with Crippen molar-refractivity contribution in [2.45, 2.75) is 44.2 Å². The van der Waals surface area contributed by atoms with Gasteiger partial charge in [0.2, 0.25) is 0 Å². The van der Waals surface area contributed by atoms with Crippen molar-refractivity contribution in [3.05, 3.63) is 12.0 Å². The van der Waals surface area contributed by atoms with Gasteiger partial charge in [-0.3, -0.25) is 0 Å². The predicted octanol–water partition coefficient (Wildman–Crippen LogP) is 0.735. The Morgan fingerprint density at radius 1 is 1.42 bits per heavy atom. The molecule has 6 nitrogen and oxygen atoms in total. The molecule has 0 spiro atoms. The molecule has 108 valence electrons. The molecule has 2 N–H and O–H groups in total. The van der Waals surface area contributed by atoms with Gasteiger partial charge in [0.1, 0.15) is 5.82 Å². The molecule has 0 unspecified atom stereocenters. The Hall–Kier alpha value is -0.920. The molecular weight excluding hydrogens is 264 g/mol. The molecule has 1 aromatic rings. The standard InChI is InChI=1S/C12H22N4O2S/c1-3-11-13-9-12(14-11)19(17,18)15-10-5-7-16(4-2)8-6-10/h9-10,15H,3-8H2,1-2H3,(H,13,14). The summed E-state index contributed by atoms with van der Waals surface area (Å²) in [4.78, 5) is 9.21. The van der Waals surface area contributed by atoms with Gasteiger partial charge in [-0.25, -0.2) is 18.1 Å². The molecule has 1 aliphatic rings. The number of aromatic amines is 1. The highest BCUT2D eigenvalue weighted by Crippen LogP contribution is 2.13. The van der Waals surface area contributed by atoms with Crippen LogP contribution in [0.25, 0.3) is 0 Å². The summed E-state index contributed by atoms with van der Waals surface area (Å²) in [6.07, 6.45) is 3.82. The first-order valence-electron chi connectivity index (χ1n) is 6.83. The van der Waals surface area contributed by atoms with Crippen LogP contribution in [0.4, 0.5) is 0 Å². The highest BCUT2D eigenvalue weighted by molar-refractivity contribution is 7.89. The summed E-state index contributed by atoms with van der Waals surface area (Å²) in [7, 11) is -3.46. The number of piperidine rings is 1. The smallest absolute Gasteiger partial charge is 0.257 e. The van der Waals surface area contributed by atoms with Crippen LogP contribution < -0.4 is 4.72 Å². The van der Waals surface area contributed by atoms with Crippen LogP contribution in [0.1, 0.15) is 32.5 Å². The number of imidazole rings is 1. The molecule has 0 saturated carbocycles. The Morgan fingerprint density at radius 3 is 2.63 bits per heavy atom. The van der Waals surface area contributed by atoms with Gasteiger partial charge in [-0.2, -0.15) is 0 Å². The SMILES string of the molecule is CCc1ncc(S(=O)(=O)NC2CCN(CC)CC2)[nH]1. The lowest BCUT2D eigenvalue weighted by Crippen LogP contribution is -2.44. The molecule has 0 radical (unpaired) electrons. The molecule has 2 rings (SSSR count). The van der Waals surface area contributed by atoms with Gasteiger partial charge in [-0.1, -0.05) is 13.8 Å². The highest BCUT2D eigenvalue weighted by Gasteiger charge is 2.25. The number of hydrogen-bond donors (Lipinski definition) is 2. The third kappa shape index (κ3) is 3.55. The van der Waals surface area contributed by atoms with Crippen LogP contribution in [0.3, 0.4) is 0 Å². The fourth-order valence-electron chi connectivity index (χ4n) is 2.31. The van der Waals surface area contributed by atoms with Gasteiger partial charge in [-0.15, -0.1) is 0 Å². The monoisotopic (exact) mass is 286 g/mol. The van der Waals surface area contributed by atoms with Crippen LogP contribution >= 0.6 is 0 Å². The molecule has 0 amide bonds. The molecule has 1 fully saturated rings. The molecule has 0 aliphatic carbocycles. The lowest BCUT2D eigenvalue weighted by molar-refractivity contribution is 0.217. The maximum Gasteiger partial charge on any atom is 0.257 e. The molecule has 1 aliphatic heterocycles. The van der Waals surface area contributed by atoms with Crippen LogP contribution in [-0.2, 0) is 16.4 Å². The van der Waals surface area contributed by atoms with Gasteiger partial charge in [0.25, 0.3) is 10.0 Å². The lowest BCUT2D eigenvalue weighted by atomic mass is 10.1. The average Bonchev–Trinajstić information content (AvgIpc) is 2.89. The maximum absolute atomic E-state index is 12.2. The lowest BCUT2D eigenvalue weighted by Gasteiger charge is -2.31. The summed E-state index contributed by atoms with van der Waals surface area (Å²) < 4.78 is 27.1. The molecule has 0 atom stereocenters. The fourth-order valence-corrected chi connectivity index (χ4v) is 3.55. The van der Waals surface area contributed by atoms with Crippen molar-refractivity contribution in [3.63, 3.8) is 0 Å². The number of hydrogen-bond acceptors (Lipinski definition) is 4. The minimum absolute atomic E-state index is 0.0289. The highest BCUT2D eigenvalue weighted by atomic mass is 32.2. The Balaban J connectivity index is 1.98. The molecule has 1 saturated heterocycles. The second-order valence-corrected chi connectivity index (χ2v) is 6.56. The first-order valence-corrected chi connectivity index (χ1v) is 8.32. The number of likely N-dealkylation sites (tertiary alicyclic amines) is 1. The molecule has 0 bridgehead atoms. The van der Waals surface area contributed by atoms with E-state index in [4.69, 9.17) is 0 Å². The number of aromatic nitrogens is 2. The molecule has 1 aromatic heterocycles. The Morgan fingerprint density at radius 2 is 2.11 bits per heavy atom.